The smallest absolute Gasteiger partial charge is 0.220 e. The largest absolute Gasteiger partial charge is 0.441 e. The number of nitrogens with zero attached hydrogens (tertiary/aromatic N) is 2. The van der Waals surface area contributed by atoms with Crippen LogP contribution in [0.4, 0.5) is 10.1 Å². The number of amides is 1. The van der Waals surface area contributed by atoms with Crippen LogP contribution in [-0.4, -0.2) is 31.0 Å². The molecule has 0 atom stereocenters. The van der Waals surface area contributed by atoms with Crippen LogP contribution in [0.2, 0.25) is 5.02 Å². The number of carbonyl (C=O) groups is 1. The van der Waals surface area contributed by atoms with Crippen LogP contribution in [0.3, 0.4) is 0 Å². The summed E-state index contributed by atoms with van der Waals surface area (Å²) in [6.45, 7) is 1.17. The fraction of sp³-hybridized carbons (Fsp3) is 0.273. The molecule has 0 saturated heterocycles. The normalized spacial score (nSPS) is 10.7. The van der Waals surface area contributed by atoms with Crippen LogP contribution >= 0.6 is 11.6 Å². The van der Waals surface area contributed by atoms with Gasteiger partial charge in [0.15, 0.2) is 11.7 Å². The minimum atomic E-state index is -0.247. The van der Waals surface area contributed by atoms with Gasteiger partial charge in [-0.15, -0.1) is 0 Å². The van der Waals surface area contributed by atoms with Gasteiger partial charge in [-0.2, -0.15) is 0 Å². The Morgan fingerprint density at radius 1 is 1.21 bits per heavy atom. The van der Waals surface area contributed by atoms with Gasteiger partial charge in [0, 0.05) is 43.6 Å². The molecule has 0 unspecified atom stereocenters. The number of carbonyl (C=O) groups excluding carboxylic acids is 1. The Balaban J connectivity index is 1.37. The van der Waals surface area contributed by atoms with E-state index in [2.05, 4.69) is 10.3 Å². The summed E-state index contributed by atoms with van der Waals surface area (Å²) in [6, 6.07) is 13.9. The Labute approximate surface area is 174 Å². The molecule has 0 spiro atoms. The van der Waals surface area contributed by atoms with Gasteiger partial charge in [-0.25, -0.2) is 9.37 Å². The van der Waals surface area contributed by atoms with Crippen molar-refractivity contribution in [2.24, 2.45) is 0 Å². The van der Waals surface area contributed by atoms with Crippen LogP contribution in [0.1, 0.15) is 18.7 Å². The molecule has 0 fully saturated rings. The summed E-state index contributed by atoms with van der Waals surface area (Å²) in [5, 5.41) is 3.53. The zero-order valence-corrected chi connectivity index (χ0v) is 17.0. The predicted octanol–water partition coefficient (Wildman–Crippen LogP) is 4.71. The third-order valence-electron chi connectivity index (χ3n) is 4.50. The Kier molecular flexibility index (Phi) is 7.25. The number of aryl methyl sites for hydroxylation is 1. The minimum Gasteiger partial charge on any atom is -0.441 e. The lowest BCUT2D eigenvalue weighted by Gasteiger charge is -2.19. The number of nitrogens with one attached hydrogen (secondary N) is 1. The predicted molar refractivity (Wildman–Crippen MR) is 113 cm³/mol. The molecule has 5 nitrogen and oxygen atoms in total. The van der Waals surface area contributed by atoms with Crippen molar-refractivity contribution in [3.8, 4) is 11.3 Å². The highest BCUT2D eigenvalue weighted by Gasteiger charge is 2.10. The first-order chi connectivity index (χ1) is 14.0. The molecule has 2 aromatic carbocycles. The number of oxazole rings is 1. The van der Waals surface area contributed by atoms with E-state index in [0.717, 1.165) is 12.0 Å². The van der Waals surface area contributed by atoms with Crippen LogP contribution in [-0.2, 0) is 11.2 Å². The van der Waals surface area contributed by atoms with Crippen LogP contribution in [0.15, 0.2) is 59.1 Å². The second kappa shape index (κ2) is 10.1. The molecular formula is C22H23ClFN3O2. The van der Waals surface area contributed by atoms with E-state index in [-0.39, 0.29) is 11.7 Å². The summed E-state index contributed by atoms with van der Waals surface area (Å²) in [6.07, 6.45) is 3.09. The van der Waals surface area contributed by atoms with Crippen molar-refractivity contribution in [3.63, 3.8) is 0 Å². The highest BCUT2D eigenvalue weighted by molar-refractivity contribution is 6.30. The molecule has 1 N–H and O–H groups in total. The molecule has 0 aliphatic rings. The molecule has 0 aliphatic carbocycles. The summed E-state index contributed by atoms with van der Waals surface area (Å²) in [7, 11) is 1.83. The highest BCUT2D eigenvalue weighted by atomic mass is 35.5. The first-order valence-corrected chi connectivity index (χ1v) is 9.84. The Bertz CT molecular complexity index is 943. The van der Waals surface area contributed by atoms with Crippen LogP contribution < -0.4 is 10.2 Å². The Morgan fingerprint density at radius 3 is 2.72 bits per heavy atom. The summed E-state index contributed by atoms with van der Waals surface area (Å²) >= 11 is 5.89. The molecule has 3 rings (SSSR count). The summed E-state index contributed by atoms with van der Waals surface area (Å²) < 4.78 is 19.4. The second-order valence-electron chi connectivity index (χ2n) is 6.70. The number of halogens is 2. The van der Waals surface area contributed by atoms with Gasteiger partial charge in [-0.1, -0.05) is 23.7 Å². The Morgan fingerprint density at radius 2 is 1.97 bits per heavy atom. The van der Waals surface area contributed by atoms with Crippen molar-refractivity contribution in [2.45, 2.75) is 19.3 Å². The van der Waals surface area contributed by atoms with Crippen LogP contribution in [0.5, 0.6) is 0 Å². The van der Waals surface area contributed by atoms with Crippen molar-refractivity contribution in [1.82, 2.24) is 10.3 Å². The number of rotatable bonds is 9. The molecule has 1 heterocycles. The van der Waals surface area contributed by atoms with E-state index in [0.29, 0.717) is 48.3 Å². The molecule has 0 radical (unpaired) electrons. The van der Waals surface area contributed by atoms with Gasteiger partial charge in [0.2, 0.25) is 5.91 Å². The summed E-state index contributed by atoms with van der Waals surface area (Å²) in [5.41, 5.74) is 1.44. The highest BCUT2D eigenvalue weighted by Crippen LogP contribution is 2.22. The quantitative estimate of drug-likeness (QED) is 0.514. The monoisotopic (exact) mass is 415 g/mol. The van der Waals surface area contributed by atoms with Gasteiger partial charge in [-0.05, 0) is 42.8 Å². The molecule has 3 aromatic rings. The van der Waals surface area contributed by atoms with E-state index in [9.17, 15) is 9.18 Å². The fourth-order valence-electron chi connectivity index (χ4n) is 2.91. The molecule has 7 heteroatoms. The number of para-hydroxylation sites is 1. The number of anilines is 1. The number of aromatic nitrogens is 1. The Hall–Kier alpha value is -2.86. The van der Waals surface area contributed by atoms with Gasteiger partial charge < -0.3 is 14.6 Å². The van der Waals surface area contributed by atoms with E-state index >= 15 is 0 Å². The van der Waals surface area contributed by atoms with E-state index < -0.39 is 0 Å². The first kappa shape index (κ1) is 20.9. The maximum atomic E-state index is 13.7. The van der Waals surface area contributed by atoms with Gasteiger partial charge in [0.05, 0.1) is 11.9 Å². The van der Waals surface area contributed by atoms with Crippen LogP contribution in [0, 0.1) is 5.82 Å². The van der Waals surface area contributed by atoms with E-state index in [1.54, 1.807) is 36.5 Å². The SMILES string of the molecule is CN(CCCNC(=O)CCc1ncc(-c2ccc(Cl)cc2)o1)c1ccccc1F. The molecule has 0 aliphatic heterocycles. The lowest BCUT2D eigenvalue weighted by atomic mass is 10.2. The molecule has 0 bridgehead atoms. The lowest BCUT2D eigenvalue weighted by Crippen LogP contribution is -2.28. The topological polar surface area (TPSA) is 58.4 Å². The summed E-state index contributed by atoms with van der Waals surface area (Å²) in [4.78, 5) is 18.1. The van der Waals surface area contributed by atoms with Crippen molar-refractivity contribution >= 4 is 23.2 Å². The third kappa shape index (κ3) is 6.06. The molecule has 152 valence electrons. The molecule has 29 heavy (non-hydrogen) atoms. The van der Waals surface area contributed by atoms with Gasteiger partial charge in [-0.3, -0.25) is 4.79 Å². The molecule has 1 amide bonds. The van der Waals surface area contributed by atoms with E-state index in [1.807, 2.05) is 24.1 Å². The summed E-state index contributed by atoms with van der Waals surface area (Å²) in [5.74, 6) is 0.852. The zero-order chi connectivity index (χ0) is 20.6. The molecular weight excluding hydrogens is 393 g/mol. The number of benzene rings is 2. The molecule has 1 aromatic heterocycles. The van der Waals surface area contributed by atoms with Crippen molar-refractivity contribution in [2.75, 3.05) is 25.0 Å². The fourth-order valence-corrected chi connectivity index (χ4v) is 3.03. The minimum absolute atomic E-state index is 0.0650. The van der Waals surface area contributed by atoms with Gasteiger partial charge >= 0.3 is 0 Å². The lowest BCUT2D eigenvalue weighted by molar-refractivity contribution is -0.121. The maximum Gasteiger partial charge on any atom is 0.220 e. The van der Waals surface area contributed by atoms with Crippen molar-refractivity contribution in [1.29, 1.82) is 0 Å². The van der Waals surface area contributed by atoms with E-state index in [1.165, 1.54) is 6.07 Å². The standard InChI is InChI=1S/C22H23ClFN3O2/c1-27(19-6-3-2-5-18(19)24)14-4-13-25-21(28)11-12-22-26-15-20(29-22)16-7-9-17(23)10-8-16/h2-3,5-10,15H,4,11-14H2,1H3,(H,25,28). The number of hydrogen-bond donors (Lipinski definition) is 1. The molecule has 0 saturated carbocycles. The average Bonchev–Trinajstić information content (AvgIpc) is 3.19. The van der Waals surface area contributed by atoms with E-state index in [4.69, 9.17) is 16.0 Å². The maximum absolute atomic E-state index is 13.7. The zero-order valence-electron chi connectivity index (χ0n) is 16.2. The second-order valence-corrected chi connectivity index (χ2v) is 7.14. The van der Waals surface area contributed by atoms with Crippen LogP contribution in [0.25, 0.3) is 11.3 Å². The average molecular weight is 416 g/mol. The third-order valence-corrected chi connectivity index (χ3v) is 4.76. The number of hydrogen-bond acceptors (Lipinski definition) is 4. The van der Waals surface area contributed by atoms with Crippen molar-refractivity contribution in [3.05, 3.63) is 71.5 Å². The van der Waals surface area contributed by atoms with Gasteiger partial charge in [0.1, 0.15) is 5.82 Å². The first-order valence-electron chi connectivity index (χ1n) is 9.46. The van der Waals surface area contributed by atoms with Gasteiger partial charge in [0.25, 0.3) is 0 Å². The van der Waals surface area contributed by atoms with Crippen molar-refractivity contribution < 1.29 is 13.6 Å².